The molecule has 1 amide bonds. The van der Waals surface area contributed by atoms with E-state index in [1.165, 1.54) is 6.26 Å². The molecule has 10 heteroatoms. The molecule has 2 heterocycles. The number of nitriles is 1. The van der Waals surface area contributed by atoms with E-state index in [9.17, 15) is 23.2 Å². The van der Waals surface area contributed by atoms with E-state index in [1.807, 2.05) is 6.07 Å². The predicted octanol–water partition coefficient (Wildman–Crippen LogP) is 2.80. The minimum Gasteiger partial charge on any atom is -0.467 e. The number of nitrogens with zero attached hydrogens (tertiary/aromatic N) is 3. The van der Waals surface area contributed by atoms with Crippen molar-refractivity contribution in [1.82, 2.24) is 9.47 Å². The number of aromatic nitrogens is 1. The Hall–Kier alpha value is -2.77. The second-order valence-electron chi connectivity index (χ2n) is 6.66. The largest absolute Gasteiger partial charge is 0.467 e. The third-order valence-electron chi connectivity index (χ3n) is 4.50. The van der Waals surface area contributed by atoms with Gasteiger partial charge in [-0.15, -0.1) is 0 Å². The van der Waals surface area contributed by atoms with Crippen molar-refractivity contribution >= 4 is 11.7 Å². The van der Waals surface area contributed by atoms with Crippen LogP contribution in [0.1, 0.15) is 29.0 Å². The van der Waals surface area contributed by atoms with Crippen molar-refractivity contribution in [3.8, 4) is 6.07 Å². The van der Waals surface area contributed by atoms with Gasteiger partial charge in [0.1, 0.15) is 17.6 Å². The lowest BCUT2D eigenvalue weighted by Crippen LogP contribution is -2.40. The second kappa shape index (κ2) is 9.62. The van der Waals surface area contributed by atoms with Crippen LogP contribution in [0.5, 0.6) is 0 Å². The molecular weight excluding hydrogens is 389 g/mol. The Kier molecular flexibility index (Phi) is 7.47. The van der Waals surface area contributed by atoms with Gasteiger partial charge in [-0.25, -0.2) is 0 Å². The maximum atomic E-state index is 12.8. The number of nitrogens with one attached hydrogen (secondary N) is 1. The average molecular weight is 412 g/mol. The molecule has 0 saturated carbocycles. The van der Waals surface area contributed by atoms with Crippen LogP contribution in [0.4, 0.5) is 19.0 Å². The quantitative estimate of drug-likeness (QED) is 0.661. The Balaban J connectivity index is 2.23. The molecule has 158 valence electrons. The molecule has 0 bridgehead atoms. The van der Waals surface area contributed by atoms with Crippen LogP contribution in [0.15, 0.2) is 22.8 Å². The first-order valence-corrected chi connectivity index (χ1v) is 8.98. The number of carbonyl (C=O) groups is 1. The third kappa shape index (κ3) is 6.10. The molecule has 29 heavy (non-hydrogen) atoms. The molecule has 0 aromatic carbocycles. The van der Waals surface area contributed by atoms with Crippen LogP contribution in [0, 0.1) is 25.2 Å². The number of aliphatic hydroxyl groups is 1. The summed E-state index contributed by atoms with van der Waals surface area (Å²) < 4.78 is 45.3. The van der Waals surface area contributed by atoms with Crippen LogP contribution in [-0.2, 0) is 11.3 Å². The lowest BCUT2D eigenvalue weighted by atomic mass is 10.2. The lowest BCUT2D eigenvalue weighted by Gasteiger charge is -2.23. The number of alkyl halides is 3. The highest BCUT2D eigenvalue weighted by atomic mass is 19.4. The predicted molar refractivity (Wildman–Crippen MR) is 99.3 cm³/mol. The van der Waals surface area contributed by atoms with Gasteiger partial charge in [-0.3, -0.25) is 9.69 Å². The number of furan rings is 1. The van der Waals surface area contributed by atoms with Gasteiger partial charge >= 0.3 is 6.18 Å². The number of halogens is 3. The van der Waals surface area contributed by atoms with Crippen molar-refractivity contribution in [1.29, 1.82) is 5.26 Å². The van der Waals surface area contributed by atoms with E-state index in [0.717, 1.165) is 10.6 Å². The highest BCUT2D eigenvalue weighted by Crippen LogP contribution is 2.27. The number of aliphatic hydroxyl groups excluding tert-OH is 1. The molecule has 2 rings (SSSR count). The van der Waals surface area contributed by atoms with Crippen LogP contribution in [0.2, 0.25) is 0 Å². The number of anilines is 1. The van der Waals surface area contributed by atoms with E-state index in [2.05, 4.69) is 5.32 Å². The van der Waals surface area contributed by atoms with Crippen molar-refractivity contribution in [2.24, 2.45) is 0 Å². The number of carbonyl (C=O) groups excluding carboxylic acids is 1. The molecule has 0 spiro atoms. The highest BCUT2D eigenvalue weighted by Gasteiger charge is 2.31. The van der Waals surface area contributed by atoms with Gasteiger partial charge in [0.05, 0.1) is 31.5 Å². The molecule has 0 aliphatic rings. The van der Waals surface area contributed by atoms with Gasteiger partial charge in [-0.2, -0.15) is 18.4 Å². The summed E-state index contributed by atoms with van der Waals surface area (Å²) in [6.45, 7) is 1.63. The summed E-state index contributed by atoms with van der Waals surface area (Å²) >= 11 is 0. The zero-order chi connectivity index (χ0) is 21.6. The molecule has 0 aliphatic carbocycles. The van der Waals surface area contributed by atoms with Crippen molar-refractivity contribution < 1.29 is 27.5 Å². The fraction of sp³-hybridized carbons (Fsp3) is 0.474. The molecule has 7 nitrogen and oxygen atoms in total. The molecule has 0 radical (unpaired) electrons. The SMILES string of the molecule is Cc1c(C#N)c(NC(=O)CN(CCCO)CC(F)(F)F)n(Cc2ccco2)c1C. The van der Waals surface area contributed by atoms with Gasteiger partial charge in [0.15, 0.2) is 0 Å². The standard InChI is InChI=1S/C19H23F3N4O3/c1-13-14(2)26(10-15-5-3-8-29-15)18(16(13)9-23)24-17(28)11-25(6-4-7-27)12-19(20,21)22/h3,5,8,27H,4,6-7,10-12H2,1-2H3,(H,24,28). The van der Waals surface area contributed by atoms with Gasteiger partial charge in [0, 0.05) is 18.8 Å². The summed E-state index contributed by atoms with van der Waals surface area (Å²) in [4.78, 5) is 13.4. The average Bonchev–Trinajstić information content (AvgIpc) is 3.21. The fourth-order valence-electron chi connectivity index (χ4n) is 3.02. The monoisotopic (exact) mass is 412 g/mol. The molecule has 0 atom stereocenters. The molecule has 2 aromatic heterocycles. The molecule has 0 saturated heterocycles. The Morgan fingerprint density at radius 2 is 2.14 bits per heavy atom. The number of hydrogen-bond acceptors (Lipinski definition) is 5. The summed E-state index contributed by atoms with van der Waals surface area (Å²) in [6, 6.07) is 5.49. The second-order valence-corrected chi connectivity index (χ2v) is 6.66. The molecule has 2 aromatic rings. The smallest absolute Gasteiger partial charge is 0.401 e. The summed E-state index contributed by atoms with van der Waals surface area (Å²) in [6.07, 6.45) is -2.86. The van der Waals surface area contributed by atoms with Crippen molar-refractivity contribution in [2.75, 3.05) is 31.6 Å². The molecule has 0 unspecified atom stereocenters. The minimum atomic E-state index is -4.47. The topological polar surface area (TPSA) is 94.4 Å². The number of hydrogen-bond donors (Lipinski definition) is 2. The van der Waals surface area contributed by atoms with E-state index >= 15 is 0 Å². The van der Waals surface area contributed by atoms with Gasteiger partial charge < -0.3 is 19.4 Å². The molecule has 0 aliphatic heterocycles. The number of amides is 1. The van der Waals surface area contributed by atoms with Crippen molar-refractivity contribution in [3.63, 3.8) is 0 Å². The Labute approximate surface area is 166 Å². The summed E-state index contributed by atoms with van der Waals surface area (Å²) in [5, 5.41) is 21.0. The lowest BCUT2D eigenvalue weighted by molar-refractivity contribution is -0.148. The Morgan fingerprint density at radius 1 is 1.41 bits per heavy atom. The number of rotatable bonds is 9. The molecular formula is C19H23F3N4O3. The van der Waals surface area contributed by atoms with Crippen LogP contribution in [0.25, 0.3) is 0 Å². The van der Waals surface area contributed by atoms with E-state index in [-0.39, 0.29) is 37.5 Å². The summed E-state index contributed by atoms with van der Waals surface area (Å²) in [5.74, 6) is 0.143. The van der Waals surface area contributed by atoms with Crippen LogP contribution >= 0.6 is 0 Å². The van der Waals surface area contributed by atoms with E-state index < -0.39 is 25.2 Å². The molecule has 2 N–H and O–H groups in total. The first-order valence-electron chi connectivity index (χ1n) is 8.98. The highest BCUT2D eigenvalue weighted by molar-refractivity contribution is 5.93. The zero-order valence-electron chi connectivity index (χ0n) is 16.2. The van der Waals surface area contributed by atoms with Gasteiger partial charge in [-0.05, 0) is 38.0 Å². The van der Waals surface area contributed by atoms with Crippen LogP contribution in [0.3, 0.4) is 0 Å². The molecule has 0 fully saturated rings. The first-order chi connectivity index (χ1) is 13.7. The van der Waals surface area contributed by atoms with Crippen LogP contribution < -0.4 is 5.32 Å². The van der Waals surface area contributed by atoms with Gasteiger partial charge in [-0.1, -0.05) is 0 Å². The fourth-order valence-corrected chi connectivity index (χ4v) is 3.02. The summed E-state index contributed by atoms with van der Waals surface area (Å²) in [5.41, 5.74) is 1.66. The van der Waals surface area contributed by atoms with Crippen LogP contribution in [-0.4, -0.2) is 52.9 Å². The van der Waals surface area contributed by atoms with Crippen molar-refractivity contribution in [3.05, 3.63) is 41.0 Å². The normalized spacial score (nSPS) is 11.7. The van der Waals surface area contributed by atoms with E-state index in [1.54, 1.807) is 30.5 Å². The Morgan fingerprint density at radius 3 is 2.69 bits per heavy atom. The van der Waals surface area contributed by atoms with E-state index in [4.69, 9.17) is 9.52 Å². The third-order valence-corrected chi connectivity index (χ3v) is 4.50. The van der Waals surface area contributed by atoms with E-state index in [0.29, 0.717) is 11.3 Å². The summed E-state index contributed by atoms with van der Waals surface area (Å²) in [7, 11) is 0. The Bertz CT molecular complexity index is 867. The van der Waals surface area contributed by atoms with Crippen molar-refractivity contribution in [2.45, 2.75) is 33.0 Å². The minimum absolute atomic E-state index is 0.0833. The maximum Gasteiger partial charge on any atom is 0.401 e. The van der Waals surface area contributed by atoms with Gasteiger partial charge in [0.2, 0.25) is 5.91 Å². The maximum absolute atomic E-state index is 12.8. The first kappa shape index (κ1) is 22.5. The zero-order valence-corrected chi connectivity index (χ0v) is 16.2. The van der Waals surface area contributed by atoms with Gasteiger partial charge in [0.25, 0.3) is 0 Å².